The number of hydrogen-bond acceptors (Lipinski definition) is 3. The number of aliphatic hydroxyl groups is 1. The molecule has 0 spiro atoms. The first-order valence-corrected chi connectivity index (χ1v) is 8.50. The van der Waals surface area contributed by atoms with Crippen LogP contribution >= 0.6 is 11.3 Å². The monoisotopic (exact) mass is 293 g/mol. The molecule has 1 aromatic rings. The maximum atomic E-state index is 12.3. The predicted octanol–water partition coefficient (Wildman–Crippen LogP) is 2.69. The molecule has 0 aromatic carbocycles. The maximum Gasteiger partial charge on any atom is 0.222 e. The van der Waals surface area contributed by atoms with E-state index in [4.69, 9.17) is 0 Å². The fourth-order valence-electron chi connectivity index (χ4n) is 3.35. The summed E-state index contributed by atoms with van der Waals surface area (Å²) in [5, 5.41) is 12.8. The molecule has 1 saturated heterocycles. The van der Waals surface area contributed by atoms with Crippen LogP contribution in [0.25, 0.3) is 0 Å². The maximum absolute atomic E-state index is 12.3. The summed E-state index contributed by atoms with van der Waals surface area (Å²) in [5.41, 5.74) is -0.608. The van der Waals surface area contributed by atoms with Crippen molar-refractivity contribution in [3.8, 4) is 0 Å². The molecule has 4 heteroatoms. The Bertz CT molecular complexity index is 469. The first kappa shape index (κ1) is 14.1. The number of nitrogens with zero attached hydrogens (tertiary/aromatic N) is 1. The number of thiophene rings is 1. The van der Waals surface area contributed by atoms with Crippen molar-refractivity contribution >= 4 is 17.2 Å². The fourth-order valence-corrected chi connectivity index (χ4v) is 4.10. The second-order valence-electron chi connectivity index (χ2n) is 6.37. The minimum atomic E-state index is -0.608. The summed E-state index contributed by atoms with van der Waals surface area (Å²) in [4.78, 5) is 15.5. The van der Waals surface area contributed by atoms with Crippen LogP contribution in [0.5, 0.6) is 0 Å². The molecule has 0 radical (unpaired) electrons. The Labute approximate surface area is 124 Å². The van der Waals surface area contributed by atoms with Crippen molar-refractivity contribution < 1.29 is 9.90 Å². The highest BCUT2D eigenvalue weighted by Crippen LogP contribution is 2.47. The number of rotatable bonds is 5. The van der Waals surface area contributed by atoms with Crippen LogP contribution in [0.2, 0.25) is 0 Å². The summed E-state index contributed by atoms with van der Waals surface area (Å²) >= 11 is 1.75. The summed E-state index contributed by atoms with van der Waals surface area (Å²) in [6, 6.07) is 4.18. The number of carbonyl (C=O) groups is 1. The molecular formula is C16H23NO2S. The summed E-state index contributed by atoms with van der Waals surface area (Å²) in [6.07, 6.45) is 4.75. The van der Waals surface area contributed by atoms with E-state index in [9.17, 15) is 9.90 Å². The first-order valence-electron chi connectivity index (χ1n) is 7.62. The Morgan fingerprint density at radius 1 is 1.55 bits per heavy atom. The van der Waals surface area contributed by atoms with Crippen molar-refractivity contribution in [2.45, 2.75) is 44.6 Å². The van der Waals surface area contributed by atoms with E-state index in [1.54, 1.807) is 11.3 Å². The molecule has 2 fully saturated rings. The Morgan fingerprint density at radius 2 is 2.35 bits per heavy atom. The lowest BCUT2D eigenvalue weighted by atomic mass is 9.88. The SMILES string of the molecule is C[C@@H]1CN(C(=O)CCCc2cccs2)C[C@@]1(O)C1CC1. The largest absolute Gasteiger partial charge is 0.387 e. The lowest BCUT2D eigenvalue weighted by Crippen LogP contribution is -2.40. The van der Waals surface area contributed by atoms with E-state index in [-0.39, 0.29) is 11.8 Å². The zero-order valence-electron chi connectivity index (χ0n) is 12.0. The van der Waals surface area contributed by atoms with Crippen LogP contribution in [-0.2, 0) is 11.2 Å². The van der Waals surface area contributed by atoms with Gasteiger partial charge in [0, 0.05) is 30.3 Å². The lowest BCUT2D eigenvalue weighted by Gasteiger charge is -2.26. The van der Waals surface area contributed by atoms with Gasteiger partial charge in [-0.2, -0.15) is 0 Å². The van der Waals surface area contributed by atoms with Crippen LogP contribution in [0, 0.1) is 11.8 Å². The van der Waals surface area contributed by atoms with Crippen molar-refractivity contribution in [3.05, 3.63) is 22.4 Å². The van der Waals surface area contributed by atoms with E-state index < -0.39 is 5.60 Å². The Hall–Kier alpha value is -0.870. The number of carbonyl (C=O) groups excluding carboxylic acids is 1. The van der Waals surface area contributed by atoms with E-state index in [0.717, 1.165) is 32.2 Å². The Morgan fingerprint density at radius 3 is 3.00 bits per heavy atom. The number of amides is 1. The third-order valence-electron chi connectivity index (χ3n) is 4.82. The van der Waals surface area contributed by atoms with Gasteiger partial charge in [0.05, 0.1) is 5.60 Å². The van der Waals surface area contributed by atoms with Crippen LogP contribution in [-0.4, -0.2) is 34.6 Å². The molecule has 20 heavy (non-hydrogen) atoms. The van der Waals surface area contributed by atoms with Crippen molar-refractivity contribution in [3.63, 3.8) is 0 Å². The Kier molecular flexibility index (Phi) is 3.87. The standard InChI is InChI=1S/C16H23NO2S/c1-12-10-17(11-16(12,19)13-7-8-13)15(18)6-2-4-14-5-3-9-20-14/h3,5,9,12-13,19H,2,4,6-8,10-11H2,1H3/t12-,16+/m1/s1. The molecule has 0 unspecified atom stereocenters. The molecule has 1 aliphatic heterocycles. The van der Waals surface area contributed by atoms with Crippen molar-refractivity contribution in [1.29, 1.82) is 0 Å². The molecule has 2 heterocycles. The van der Waals surface area contributed by atoms with Gasteiger partial charge < -0.3 is 10.0 Å². The van der Waals surface area contributed by atoms with Gasteiger partial charge >= 0.3 is 0 Å². The van der Waals surface area contributed by atoms with Gasteiger partial charge in [0.15, 0.2) is 0 Å². The van der Waals surface area contributed by atoms with Crippen molar-refractivity contribution in [2.75, 3.05) is 13.1 Å². The molecule has 1 aromatic heterocycles. The van der Waals surface area contributed by atoms with E-state index in [1.807, 2.05) is 4.90 Å². The van der Waals surface area contributed by atoms with E-state index in [1.165, 1.54) is 4.88 Å². The smallest absolute Gasteiger partial charge is 0.222 e. The molecule has 2 atom stereocenters. The van der Waals surface area contributed by atoms with Crippen molar-refractivity contribution in [1.82, 2.24) is 4.90 Å². The lowest BCUT2D eigenvalue weighted by molar-refractivity contribution is -0.131. The van der Waals surface area contributed by atoms with Gasteiger partial charge in [0.25, 0.3) is 0 Å². The second kappa shape index (κ2) is 5.49. The Balaban J connectivity index is 1.48. The molecule has 0 bridgehead atoms. The van der Waals surface area contributed by atoms with Gasteiger partial charge in [-0.15, -0.1) is 11.3 Å². The molecular weight excluding hydrogens is 270 g/mol. The topological polar surface area (TPSA) is 40.5 Å². The van der Waals surface area contributed by atoms with Crippen LogP contribution in [0.4, 0.5) is 0 Å². The highest BCUT2D eigenvalue weighted by molar-refractivity contribution is 7.09. The summed E-state index contributed by atoms with van der Waals surface area (Å²) < 4.78 is 0. The number of likely N-dealkylation sites (tertiary alicyclic amines) is 1. The third kappa shape index (κ3) is 2.77. The normalized spacial score (nSPS) is 29.9. The molecule has 1 aliphatic carbocycles. The minimum absolute atomic E-state index is 0.213. The molecule has 2 aliphatic rings. The number of β-amino-alcohol motifs (C(OH)–C–C–N with tert-alkyl or cyclic N) is 1. The zero-order valence-corrected chi connectivity index (χ0v) is 12.9. The summed E-state index contributed by atoms with van der Waals surface area (Å²) in [7, 11) is 0. The third-order valence-corrected chi connectivity index (χ3v) is 5.76. The number of hydrogen-bond donors (Lipinski definition) is 1. The van der Waals surface area contributed by atoms with Gasteiger partial charge in [0.1, 0.15) is 0 Å². The van der Waals surface area contributed by atoms with E-state index >= 15 is 0 Å². The highest BCUT2D eigenvalue weighted by atomic mass is 32.1. The molecule has 1 amide bonds. The van der Waals surface area contributed by atoms with Crippen LogP contribution < -0.4 is 0 Å². The van der Waals surface area contributed by atoms with Crippen LogP contribution in [0.3, 0.4) is 0 Å². The summed E-state index contributed by atoms with van der Waals surface area (Å²) in [6.45, 7) is 3.36. The molecule has 1 N–H and O–H groups in total. The fraction of sp³-hybridized carbons (Fsp3) is 0.688. The van der Waals surface area contributed by atoms with Crippen LogP contribution in [0.1, 0.15) is 37.5 Å². The van der Waals surface area contributed by atoms with E-state index in [2.05, 4.69) is 24.4 Å². The predicted molar refractivity (Wildman–Crippen MR) is 80.7 cm³/mol. The average molecular weight is 293 g/mol. The summed E-state index contributed by atoms with van der Waals surface area (Å²) in [5.74, 6) is 0.864. The zero-order chi connectivity index (χ0) is 14.2. The van der Waals surface area contributed by atoms with Crippen LogP contribution in [0.15, 0.2) is 17.5 Å². The first-order chi connectivity index (χ1) is 9.59. The van der Waals surface area contributed by atoms with Crippen molar-refractivity contribution in [2.24, 2.45) is 11.8 Å². The number of aryl methyl sites for hydroxylation is 1. The molecule has 1 saturated carbocycles. The second-order valence-corrected chi connectivity index (χ2v) is 7.41. The molecule has 3 rings (SSSR count). The molecule has 110 valence electrons. The highest BCUT2D eigenvalue weighted by Gasteiger charge is 2.53. The average Bonchev–Trinajstić information content (AvgIpc) is 3.08. The van der Waals surface area contributed by atoms with Gasteiger partial charge in [-0.05, 0) is 43.0 Å². The van der Waals surface area contributed by atoms with E-state index in [0.29, 0.717) is 18.9 Å². The van der Waals surface area contributed by atoms with Gasteiger partial charge in [-0.3, -0.25) is 4.79 Å². The quantitative estimate of drug-likeness (QED) is 0.907. The molecule has 3 nitrogen and oxygen atoms in total. The van der Waals surface area contributed by atoms with Gasteiger partial charge in [-0.25, -0.2) is 0 Å². The van der Waals surface area contributed by atoms with Gasteiger partial charge in [0.2, 0.25) is 5.91 Å². The minimum Gasteiger partial charge on any atom is -0.387 e. The van der Waals surface area contributed by atoms with Gasteiger partial charge in [-0.1, -0.05) is 13.0 Å².